The van der Waals surface area contributed by atoms with Gasteiger partial charge in [0.05, 0.1) is 17.7 Å². The molecular weight excluding hydrogens is 308 g/mol. The number of nitrogens with zero attached hydrogens (tertiary/aromatic N) is 2. The van der Waals surface area contributed by atoms with Crippen LogP contribution >= 0.6 is 0 Å². The third kappa shape index (κ3) is 3.60. The SMILES string of the molecule is COc1cc(C)cc(/N=N/c2ccc(S(=O)(=O)O)cc2)c1O. The number of phenolic OH excluding ortho intramolecular Hbond substituents is 1. The van der Waals surface area contributed by atoms with Crippen LogP contribution < -0.4 is 4.74 Å². The van der Waals surface area contributed by atoms with Gasteiger partial charge in [0.25, 0.3) is 10.1 Å². The minimum atomic E-state index is -4.24. The number of hydrogen-bond acceptors (Lipinski definition) is 6. The Balaban J connectivity index is 2.31. The van der Waals surface area contributed by atoms with Crippen molar-refractivity contribution in [3.05, 3.63) is 42.0 Å². The fraction of sp³-hybridized carbons (Fsp3) is 0.143. The molecule has 8 heteroatoms. The van der Waals surface area contributed by atoms with E-state index in [1.807, 2.05) is 6.92 Å². The zero-order valence-corrected chi connectivity index (χ0v) is 12.7. The molecule has 2 rings (SSSR count). The van der Waals surface area contributed by atoms with E-state index in [1.165, 1.54) is 31.4 Å². The Morgan fingerprint density at radius 3 is 2.27 bits per heavy atom. The summed E-state index contributed by atoms with van der Waals surface area (Å²) >= 11 is 0. The number of rotatable bonds is 4. The highest BCUT2D eigenvalue weighted by Crippen LogP contribution is 2.38. The first-order chi connectivity index (χ1) is 10.3. The minimum Gasteiger partial charge on any atom is -0.503 e. The van der Waals surface area contributed by atoms with E-state index >= 15 is 0 Å². The summed E-state index contributed by atoms with van der Waals surface area (Å²) in [5, 5.41) is 17.8. The lowest BCUT2D eigenvalue weighted by atomic mass is 10.2. The third-order valence-corrected chi connectivity index (χ3v) is 3.69. The lowest BCUT2D eigenvalue weighted by Crippen LogP contribution is -1.96. The number of ether oxygens (including phenoxy) is 1. The Hall–Kier alpha value is -2.45. The summed E-state index contributed by atoms with van der Waals surface area (Å²) in [7, 11) is -2.80. The van der Waals surface area contributed by atoms with E-state index in [0.29, 0.717) is 5.69 Å². The quantitative estimate of drug-likeness (QED) is 0.662. The van der Waals surface area contributed by atoms with Gasteiger partial charge in [-0.05, 0) is 48.9 Å². The Bertz CT molecular complexity index is 814. The van der Waals surface area contributed by atoms with Gasteiger partial charge in [0.15, 0.2) is 11.5 Å². The van der Waals surface area contributed by atoms with Crippen LogP contribution in [0.25, 0.3) is 0 Å². The van der Waals surface area contributed by atoms with Gasteiger partial charge >= 0.3 is 0 Å². The molecule has 0 radical (unpaired) electrons. The van der Waals surface area contributed by atoms with Crippen LogP contribution in [0.4, 0.5) is 11.4 Å². The Kier molecular flexibility index (Phi) is 4.43. The molecule has 7 nitrogen and oxygen atoms in total. The number of hydrogen-bond donors (Lipinski definition) is 2. The zero-order valence-electron chi connectivity index (χ0n) is 11.9. The highest BCUT2D eigenvalue weighted by molar-refractivity contribution is 7.85. The van der Waals surface area contributed by atoms with E-state index in [9.17, 15) is 13.5 Å². The predicted molar refractivity (Wildman–Crippen MR) is 79.8 cm³/mol. The van der Waals surface area contributed by atoms with Gasteiger partial charge in [-0.25, -0.2) is 0 Å². The molecule has 0 spiro atoms. The standard InChI is InChI=1S/C14H14N2O5S/c1-9-7-12(14(17)13(8-9)21-2)16-15-10-3-5-11(6-4-10)22(18,19)20/h3-8,17H,1-2H3,(H,18,19,20)/b16-15+. The molecule has 0 aliphatic heterocycles. The van der Waals surface area contributed by atoms with E-state index < -0.39 is 10.1 Å². The Morgan fingerprint density at radius 2 is 1.73 bits per heavy atom. The molecule has 0 aromatic heterocycles. The van der Waals surface area contributed by atoms with Crippen LogP contribution in [-0.2, 0) is 10.1 Å². The molecule has 2 N–H and O–H groups in total. The van der Waals surface area contributed by atoms with Gasteiger partial charge in [0.1, 0.15) is 5.69 Å². The lowest BCUT2D eigenvalue weighted by molar-refractivity contribution is 0.374. The molecular formula is C14H14N2O5S. The number of azo groups is 1. The van der Waals surface area contributed by atoms with Crippen molar-refractivity contribution >= 4 is 21.5 Å². The largest absolute Gasteiger partial charge is 0.503 e. The summed E-state index contributed by atoms with van der Waals surface area (Å²) in [5.41, 5.74) is 1.44. The van der Waals surface area contributed by atoms with Gasteiger partial charge in [0.2, 0.25) is 0 Å². The van der Waals surface area contributed by atoms with Crippen LogP contribution in [0.5, 0.6) is 11.5 Å². The van der Waals surface area contributed by atoms with Gasteiger partial charge in [0, 0.05) is 0 Å². The van der Waals surface area contributed by atoms with Crippen LogP contribution in [0.3, 0.4) is 0 Å². The average molecular weight is 322 g/mol. The number of benzene rings is 2. The average Bonchev–Trinajstić information content (AvgIpc) is 2.47. The zero-order chi connectivity index (χ0) is 16.3. The monoisotopic (exact) mass is 322 g/mol. The second-order valence-electron chi connectivity index (χ2n) is 4.50. The first-order valence-electron chi connectivity index (χ1n) is 6.18. The Labute approximate surface area is 127 Å². The fourth-order valence-electron chi connectivity index (χ4n) is 1.76. The summed E-state index contributed by atoms with van der Waals surface area (Å²) < 4.78 is 35.8. The molecule has 0 unspecified atom stereocenters. The molecule has 0 aliphatic carbocycles. The molecule has 0 saturated carbocycles. The highest BCUT2D eigenvalue weighted by atomic mass is 32.2. The van der Waals surface area contributed by atoms with Crippen LogP contribution in [0, 0.1) is 6.92 Å². The van der Waals surface area contributed by atoms with Gasteiger partial charge in [-0.3, -0.25) is 4.55 Å². The molecule has 0 heterocycles. The van der Waals surface area contributed by atoms with Crippen molar-refractivity contribution in [3.63, 3.8) is 0 Å². The van der Waals surface area contributed by atoms with E-state index in [2.05, 4.69) is 10.2 Å². The normalized spacial score (nSPS) is 11.8. The molecule has 0 bridgehead atoms. The van der Waals surface area contributed by atoms with Gasteiger partial charge in [-0.2, -0.15) is 13.5 Å². The maximum atomic E-state index is 10.9. The number of aryl methyl sites for hydroxylation is 1. The number of phenols is 1. The molecule has 116 valence electrons. The van der Waals surface area contributed by atoms with Gasteiger partial charge < -0.3 is 9.84 Å². The first-order valence-corrected chi connectivity index (χ1v) is 7.62. The molecule has 2 aromatic carbocycles. The molecule has 2 aromatic rings. The van der Waals surface area contributed by atoms with Crippen molar-refractivity contribution in [2.75, 3.05) is 7.11 Å². The van der Waals surface area contributed by atoms with Gasteiger partial charge in [-0.15, -0.1) is 5.11 Å². The summed E-state index contributed by atoms with van der Waals surface area (Å²) in [6.07, 6.45) is 0. The Morgan fingerprint density at radius 1 is 1.09 bits per heavy atom. The van der Waals surface area contributed by atoms with E-state index in [-0.39, 0.29) is 22.1 Å². The molecule has 0 atom stereocenters. The van der Waals surface area contributed by atoms with Crippen molar-refractivity contribution in [3.8, 4) is 11.5 Å². The topological polar surface area (TPSA) is 109 Å². The van der Waals surface area contributed by atoms with E-state index in [1.54, 1.807) is 12.1 Å². The van der Waals surface area contributed by atoms with Crippen molar-refractivity contribution in [2.45, 2.75) is 11.8 Å². The third-order valence-electron chi connectivity index (χ3n) is 2.83. The summed E-state index contributed by atoms with van der Waals surface area (Å²) in [6, 6.07) is 8.48. The maximum Gasteiger partial charge on any atom is 0.294 e. The molecule has 0 amide bonds. The summed E-state index contributed by atoms with van der Waals surface area (Å²) in [6.45, 7) is 1.82. The molecule has 0 fully saturated rings. The van der Waals surface area contributed by atoms with Gasteiger partial charge in [-0.1, -0.05) is 0 Å². The summed E-state index contributed by atoms with van der Waals surface area (Å²) in [4.78, 5) is -0.230. The van der Waals surface area contributed by atoms with Crippen molar-refractivity contribution < 1.29 is 22.8 Å². The van der Waals surface area contributed by atoms with Crippen molar-refractivity contribution in [1.29, 1.82) is 0 Å². The lowest BCUT2D eigenvalue weighted by Gasteiger charge is -2.06. The highest BCUT2D eigenvalue weighted by Gasteiger charge is 2.10. The predicted octanol–water partition coefficient (Wildman–Crippen LogP) is 3.37. The van der Waals surface area contributed by atoms with E-state index in [4.69, 9.17) is 9.29 Å². The van der Waals surface area contributed by atoms with E-state index in [0.717, 1.165) is 5.56 Å². The number of methoxy groups -OCH3 is 1. The minimum absolute atomic E-state index is 0.133. The van der Waals surface area contributed by atoms with Crippen molar-refractivity contribution in [1.82, 2.24) is 0 Å². The smallest absolute Gasteiger partial charge is 0.294 e. The van der Waals surface area contributed by atoms with Crippen LogP contribution in [0.2, 0.25) is 0 Å². The van der Waals surface area contributed by atoms with Crippen molar-refractivity contribution in [2.24, 2.45) is 10.2 Å². The van der Waals surface area contributed by atoms with Crippen LogP contribution in [0.1, 0.15) is 5.56 Å². The summed E-state index contributed by atoms with van der Waals surface area (Å²) in [5.74, 6) is 0.155. The van der Waals surface area contributed by atoms with Crippen LogP contribution in [0.15, 0.2) is 51.5 Å². The first kappa shape index (κ1) is 15.9. The second-order valence-corrected chi connectivity index (χ2v) is 5.93. The maximum absolute atomic E-state index is 10.9. The number of aromatic hydroxyl groups is 1. The second kappa shape index (κ2) is 6.12. The molecule has 22 heavy (non-hydrogen) atoms. The molecule has 0 aliphatic rings. The van der Waals surface area contributed by atoms with Crippen LogP contribution in [-0.4, -0.2) is 25.2 Å². The fourth-order valence-corrected chi connectivity index (χ4v) is 2.24. The molecule has 0 saturated heterocycles.